The molecule has 122 valence electrons. The Labute approximate surface area is 139 Å². The van der Waals surface area contributed by atoms with E-state index >= 15 is 0 Å². The fraction of sp³-hybridized carbons (Fsp3) is 0.688. The van der Waals surface area contributed by atoms with Gasteiger partial charge in [-0.3, -0.25) is 4.90 Å². The fourth-order valence-corrected chi connectivity index (χ4v) is 4.62. The van der Waals surface area contributed by atoms with Crippen LogP contribution in [0.4, 0.5) is 0 Å². The van der Waals surface area contributed by atoms with E-state index in [1.807, 2.05) is 6.20 Å². The second-order valence-corrected chi connectivity index (χ2v) is 8.02. The normalized spacial score (nSPS) is 28.2. The standard InChI is InChI=1S/C16H21N5OS/c1-2-12(3-1)15-19-18-14-9-22-16(11-21(14)15)5-7-20(10-16)8-13-4-6-17-23-13/h4,6,12H,1-3,5,7-11H2. The molecule has 2 fully saturated rings. The zero-order chi connectivity index (χ0) is 15.3. The van der Waals surface area contributed by atoms with Gasteiger partial charge in [0.05, 0.1) is 6.54 Å². The van der Waals surface area contributed by atoms with Gasteiger partial charge in [-0.05, 0) is 36.9 Å². The van der Waals surface area contributed by atoms with Crippen molar-refractivity contribution in [1.82, 2.24) is 24.0 Å². The van der Waals surface area contributed by atoms with Crippen molar-refractivity contribution in [3.8, 4) is 0 Å². The quantitative estimate of drug-likeness (QED) is 0.863. The molecule has 2 aromatic rings. The van der Waals surface area contributed by atoms with Crippen molar-refractivity contribution in [2.45, 2.75) is 56.9 Å². The molecular formula is C16H21N5OS. The van der Waals surface area contributed by atoms with Crippen molar-refractivity contribution in [2.75, 3.05) is 13.1 Å². The summed E-state index contributed by atoms with van der Waals surface area (Å²) in [5.41, 5.74) is -0.0570. The summed E-state index contributed by atoms with van der Waals surface area (Å²) in [5, 5.41) is 8.83. The highest BCUT2D eigenvalue weighted by molar-refractivity contribution is 7.05. The predicted octanol–water partition coefficient (Wildman–Crippen LogP) is 2.18. The Morgan fingerprint density at radius 3 is 3.04 bits per heavy atom. The van der Waals surface area contributed by atoms with E-state index in [0.29, 0.717) is 12.5 Å². The van der Waals surface area contributed by atoms with Crippen LogP contribution in [0.2, 0.25) is 0 Å². The number of aromatic nitrogens is 4. The molecule has 0 N–H and O–H groups in total. The summed E-state index contributed by atoms with van der Waals surface area (Å²) in [6, 6.07) is 2.12. The zero-order valence-corrected chi connectivity index (χ0v) is 14.0. The van der Waals surface area contributed by atoms with Crippen LogP contribution >= 0.6 is 11.5 Å². The second-order valence-electron chi connectivity index (χ2n) is 7.10. The third kappa shape index (κ3) is 2.42. The third-order valence-electron chi connectivity index (χ3n) is 5.55. The molecule has 23 heavy (non-hydrogen) atoms. The van der Waals surface area contributed by atoms with E-state index in [1.165, 1.54) is 30.0 Å². The lowest BCUT2D eigenvalue weighted by Crippen LogP contribution is -2.44. The van der Waals surface area contributed by atoms with E-state index in [4.69, 9.17) is 4.74 Å². The maximum absolute atomic E-state index is 6.27. The topological polar surface area (TPSA) is 56.1 Å². The molecule has 0 radical (unpaired) electrons. The Morgan fingerprint density at radius 1 is 1.30 bits per heavy atom. The van der Waals surface area contributed by atoms with Crippen LogP contribution in [0.15, 0.2) is 12.3 Å². The highest BCUT2D eigenvalue weighted by atomic mass is 32.1. The largest absolute Gasteiger partial charge is 0.364 e. The number of likely N-dealkylation sites (tertiary alicyclic amines) is 1. The van der Waals surface area contributed by atoms with Gasteiger partial charge >= 0.3 is 0 Å². The molecule has 1 unspecified atom stereocenters. The molecular weight excluding hydrogens is 310 g/mol. The van der Waals surface area contributed by atoms with Gasteiger partial charge in [-0.1, -0.05) is 6.42 Å². The van der Waals surface area contributed by atoms with E-state index in [1.54, 1.807) is 11.5 Å². The Morgan fingerprint density at radius 2 is 2.26 bits per heavy atom. The van der Waals surface area contributed by atoms with E-state index in [9.17, 15) is 0 Å². The molecule has 4 heterocycles. The van der Waals surface area contributed by atoms with Crippen molar-refractivity contribution in [3.63, 3.8) is 0 Å². The predicted molar refractivity (Wildman–Crippen MR) is 86.1 cm³/mol. The van der Waals surface area contributed by atoms with E-state index in [2.05, 4.69) is 30.1 Å². The first-order valence-electron chi connectivity index (χ1n) is 8.49. The maximum atomic E-state index is 6.27. The molecule has 7 heteroatoms. The summed E-state index contributed by atoms with van der Waals surface area (Å²) < 4.78 is 12.8. The van der Waals surface area contributed by atoms with Crippen LogP contribution in [-0.4, -0.2) is 42.7 Å². The Bertz CT molecular complexity index is 695. The van der Waals surface area contributed by atoms with Gasteiger partial charge in [-0.25, -0.2) is 4.37 Å². The number of rotatable bonds is 3. The molecule has 0 amide bonds. The number of hydrogen-bond acceptors (Lipinski definition) is 6. The molecule has 1 saturated carbocycles. The van der Waals surface area contributed by atoms with Crippen LogP contribution in [-0.2, 0) is 24.4 Å². The van der Waals surface area contributed by atoms with Crippen LogP contribution in [0.3, 0.4) is 0 Å². The third-order valence-corrected chi connectivity index (χ3v) is 6.27. The molecule has 0 bridgehead atoms. The van der Waals surface area contributed by atoms with Crippen molar-refractivity contribution >= 4 is 11.5 Å². The van der Waals surface area contributed by atoms with Gasteiger partial charge in [-0.2, -0.15) is 0 Å². The highest BCUT2D eigenvalue weighted by Crippen LogP contribution is 2.39. The summed E-state index contributed by atoms with van der Waals surface area (Å²) in [6.07, 6.45) is 6.84. The number of ether oxygens (including phenoxy) is 1. The van der Waals surface area contributed by atoms with Gasteiger partial charge in [0, 0.05) is 36.6 Å². The molecule has 1 saturated heterocycles. The van der Waals surface area contributed by atoms with Crippen molar-refractivity contribution < 1.29 is 4.74 Å². The SMILES string of the molecule is c1cc(CN2CCC3(C2)Cn2c(nnc2C2CCC2)CO3)sn1. The molecule has 2 aliphatic heterocycles. The summed E-state index contributed by atoms with van der Waals surface area (Å²) >= 11 is 1.59. The Balaban J connectivity index is 1.33. The van der Waals surface area contributed by atoms with E-state index in [0.717, 1.165) is 38.4 Å². The van der Waals surface area contributed by atoms with Gasteiger partial charge < -0.3 is 9.30 Å². The first-order valence-corrected chi connectivity index (χ1v) is 9.27. The smallest absolute Gasteiger partial charge is 0.159 e. The minimum atomic E-state index is -0.0570. The van der Waals surface area contributed by atoms with Crippen LogP contribution in [0, 0.1) is 0 Å². The molecule has 0 aromatic carbocycles. The van der Waals surface area contributed by atoms with Crippen LogP contribution in [0.25, 0.3) is 0 Å². The first-order chi connectivity index (χ1) is 11.3. The first kappa shape index (κ1) is 14.1. The van der Waals surface area contributed by atoms with E-state index in [-0.39, 0.29) is 5.60 Å². The van der Waals surface area contributed by atoms with Gasteiger partial charge in [0.1, 0.15) is 18.0 Å². The van der Waals surface area contributed by atoms with Crippen LogP contribution in [0.5, 0.6) is 0 Å². The number of hydrogen-bond donors (Lipinski definition) is 0. The van der Waals surface area contributed by atoms with E-state index < -0.39 is 0 Å². The summed E-state index contributed by atoms with van der Waals surface area (Å²) in [7, 11) is 0. The lowest BCUT2D eigenvalue weighted by molar-refractivity contribution is -0.0834. The molecule has 5 rings (SSSR count). The highest BCUT2D eigenvalue weighted by Gasteiger charge is 2.44. The lowest BCUT2D eigenvalue weighted by Gasteiger charge is -2.36. The average Bonchev–Trinajstić information content (AvgIpc) is 3.21. The summed E-state index contributed by atoms with van der Waals surface area (Å²) in [4.78, 5) is 3.82. The van der Waals surface area contributed by atoms with Crippen molar-refractivity contribution in [1.29, 1.82) is 0 Å². The Kier molecular flexibility index (Phi) is 3.28. The lowest BCUT2D eigenvalue weighted by atomic mass is 9.84. The monoisotopic (exact) mass is 331 g/mol. The minimum Gasteiger partial charge on any atom is -0.364 e. The number of nitrogens with zero attached hydrogens (tertiary/aromatic N) is 5. The molecule has 1 atom stereocenters. The minimum absolute atomic E-state index is 0.0570. The van der Waals surface area contributed by atoms with Gasteiger partial charge in [0.2, 0.25) is 0 Å². The Hall–Kier alpha value is -1.31. The molecule has 2 aromatic heterocycles. The average molecular weight is 331 g/mol. The maximum Gasteiger partial charge on any atom is 0.159 e. The fourth-order valence-electron chi connectivity index (χ4n) is 4.00. The number of fused-ring (bicyclic) bond motifs is 1. The van der Waals surface area contributed by atoms with Crippen molar-refractivity contribution in [2.24, 2.45) is 0 Å². The molecule has 3 aliphatic rings. The van der Waals surface area contributed by atoms with Gasteiger partial charge in [0.25, 0.3) is 0 Å². The molecule has 6 nitrogen and oxygen atoms in total. The van der Waals surface area contributed by atoms with Crippen molar-refractivity contribution in [3.05, 3.63) is 28.8 Å². The summed E-state index contributed by atoms with van der Waals surface area (Å²) in [5.74, 6) is 2.84. The van der Waals surface area contributed by atoms with Gasteiger partial charge in [-0.15, -0.1) is 10.2 Å². The molecule has 1 aliphatic carbocycles. The van der Waals surface area contributed by atoms with Crippen LogP contribution < -0.4 is 0 Å². The summed E-state index contributed by atoms with van der Waals surface area (Å²) in [6.45, 7) is 4.59. The second kappa shape index (κ2) is 5.36. The zero-order valence-electron chi connectivity index (χ0n) is 13.1. The van der Waals surface area contributed by atoms with Gasteiger partial charge in [0.15, 0.2) is 5.82 Å². The van der Waals surface area contributed by atoms with Crippen LogP contribution in [0.1, 0.15) is 48.1 Å². The molecule has 1 spiro atoms.